The molecule has 0 aromatic carbocycles. The Morgan fingerprint density at radius 2 is 2.40 bits per heavy atom. The van der Waals surface area contributed by atoms with Crippen LogP contribution in [0.2, 0.25) is 0 Å². The van der Waals surface area contributed by atoms with E-state index in [0.717, 1.165) is 6.54 Å². The summed E-state index contributed by atoms with van der Waals surface area (Å²) in [5.41, 5.74) is 5.62. The van der Waals surface area contributed by atoms with Gasteiger partial charge in [0.25, 0.3) is 0 Å². The third-order valence-electron chi connectivity index (χ3n) is 2.42. The summed E-state index contributed by atoms with van der Waals surface area (Å²) in [5, 5.41) is 2.87. The Hall–Kier alpha value is -0.650. The van der Waals surface area contributed by atoms with Crippen molar-refractivity contribution in [3.63, 3.8) is 0 Å². The Bertz CT molecular complexity index is 209. The van der Waals surface area contributed by atoms with E-state index in [-0.39, 0.29) is 18.0 Å². The van der Waals surface area contributed by atoms with Crippen LogP contribution in [0.4, 0.5) is 0 Å². The van der Waals surface area contributed by atoms with E-state index in [9.17, 15) is 4.79 Å². The summed E-state index contributed by atoms with van der Waals surface area (Å²) in [6, 6.07) is 0.367. The topological polar surface area (TPSA) is 67.6 Å². The Balaban J connectivity index is 2.37. The van der Waals surface area contributed by atoms with Crippen LogP contribution in [0.15, 0.2) is 0 Å². The molecular weight excluding hydrogens is 194 g/mol. The first-order chi connectivity index (χ1) is 7.13. The monoisotopic (exact) mass is 215 g/mol. The van der Waals surface area contributed by atoms with Crippen LogP contribution in [0, 0.1) is 0 Å². The molecule has 5 heteroatoms. The minimum Gasteiger partial charge on any atom is -0.378 e. The average Bonchev–Trinajstić information content (AvgIpc) is 2.17. The normalized spacial score (nSPS) is 23.1. The molecule has 0 aromatic heterocycles. The molecule has 0 saturated carbocycles. The van der Waals surface area contributed by atoms with Crippen LogP contribution < -0.4 is 11.1 Å². The molecule has 3 N–H and O–H groups in total. The lowest BCUT2D eigenvalue weighted by Crippen LogP contribution is -2.53. The number of amides is 1. The molecule has 1 fully saturated rings. The second kappa shape index (κ2) is 6.05. The van der Waals surface area contributed by atoms with Crippen LogP contribution in [0.25, 0.3) is 0 Å². The predicted molar refractivity (Wildman–Crippen MR) is 58.5 cm³/mol. The highest BCUT2D eigenvalue weighted by atomic mass is 16.5. The fourth-order valence-electron chi connectivity index (χ4n) is 1.67. The van der Waals surface area contributed by atoms with Crippen LogP contribution in [0.1, 0.15) is 13.8 Å². The molecule has 15 heavy (non-hydrogen) atoms. The molecule has 1 heterocycles. The molecule has 5 nitrogen and oxygen atoms in total. The Morgan fingerprint density at radius 1 is 1.67 bits per heavy atom. The van der Waals surface area contributed by atoms with E-state index in [4.69, 9.17) is 10.5 Å². The zero-order valence-corrected chi connectivity index (χ0v) is 9.53. The van der Waals surface area contributed by atoms with Gasteiger partial charge in [0.2, 0.25) is 5.91 Å². The van der Waals surface area contributed by atoms with Crippen LogP contribution in [-0.4, -0.2) is 55.7 Å². The molecule has 1 rings (SSSR count). The van der Waals surface area contributed by atoms with E-state index in [1.165, 1.54) is 0 Å². The fraction of sp³-hybridized carbons (Fsp3) is 0.900. The molecule has 1 amide bonds. The molecule has 88 valence electrons. The van der Waals surface area contributed by atoms with Crippen molar-refractivity contribution in [1.82, 2.24) is 10.2 Å². The van der Waals surface area contributed by atoms with Crippen molar-refractivity contribution in [2.75, 3.05) is 32.8 Å². The lowest BCUT2D eigenvalue weighted by molar-refractivity contribution is -0.125. The van der Waals surface area contributed by atoms with Crippen molar-refractivity contribution in [3.8, 4) is 0 Å². The molecular formula is C10H21N3O2. The van der Waals surface area contributed by atoms with E-state index in [0.29, 0.717) is 26.3 Å². The number of nitrogens with zero attached hydrogens (tertiary/aromatic N) is 1. The number of carbonyl (C=O) groups excluding carboxylic acids is 1. The molecule has 1 atom stereocenters. The third kappa shape index (κ3) is 4.15. The zero-order chi connectivity index (χ0) is 11.3. The molecule has 0 aromatic rings. The Kier molecular flexibility index (Phi) is 5.01. The van der Waals surface area contributed by atoms with Gasteiger partial charge in [0, 0.05) is 25.2 Å². The number of ether oxygens (including phenoxy) is 1. The van der Waals surface area contributed by atoms with Gasteiger partial charge in [0.05, 0.1) is 19.8 Å². The second-order valence-corrected chi connectivity index (χ2v) is 4.16. The van der Waals surface area contributed by atoms with E-state index < -0.39 is 0 Å². The molecule has 1 unspecified atom stereocenters. The van der Waals surface area contributed by atoms with Gasteiger partial charge in [-0.2, -0.15) is 0 Å². The molecule has 1 aliphatic heterocycles. The van der Waals surface area contributed by atoms with Crippen molar-refractivity contribution < 1.29 is 9.53 Å². The average molecular weight is 215 g/mol. The lowest BCUT2D eigenvalue weighted by atomic mass is 10.2. The first-order valence-electron chi connectivity index (χ1n) is 5.44. The van der Waals surface area contributed by atoms with Crippen molar-refractivity contribution in [2.24, 2.45) is 5.73 Å². The van der Waals surface area contributed by atoms with Crippen LogP contribution in [0.3, 0.4) is 0 Å². The second-order valence-electron chi connectivity index (χ2n) is 4.16. The van der Waals surface area contributed by atoms with E-state index in [2.05, 4.69) is 10.2 Å². The van der Waals surface area contributed by atoms with Crippen molar-refractivity contribution in [3.05, 3.63) is 0 Å². The number of hydrogen-bond acceptors (Lipinski definition) is 4. The van der Waals surface area contributed by atoms with Gasteiger partial charge < -0.3 is 15.8 Å². The molecule has 0 bridgehead atoms. The Morgan fingerprint density at radius 3 is 3.00 bits per heavy atom. The molecule has 1 saturated heterocycles. The maximum atomic E-state index is 11.5. The minimum atomic E-state index is 0.0605. The number of rotatable bonds is 4. The summed E-state index contributed by atoms with van der Waals surface area (Å²) in [6.07, 6.45) is 0. The molecule has 0 spiro atoms. The number of hydrogen-bond donors (Lipinski definition) is 2. The summed E-state index contributed by atoms with van der Waals surface area (Å²) in [4.78, 5) is 13.6. The number of carbonyl (C=O) groups is 1. The lowest BCUT2D eigenvalue weighted by Gasteiger charge is -2.34. The molecule has 0 aliphatic carbocycles. The quantitative estimate of drug-likeness (QED) is 0.642. The molecule has 0 radical (unpaired) electrons. The number of nitrogens with one attached hydrogen (secondary N) is 1. The van der Waals surface area contributed by atoms with E-state index in [1.54, 1.807) is 0 Å². The first kappa shape index (κ1) is 12.4. The summed E-state index contributed by atoms with van der Waals surface area (Å²) in [6.45, 7) is 6.97. The maximum Gasteiger partial charge on any atom is 0.234 e. The van der Waals surface area contributed by atoms with Gasteiger partial charge in [0.15, 0.2) is 0 Å². The van der Waals surface area contributed by atoms with Gasteiger partial charge in [-0.25, -0.2) is 0 Å². The fourth-order valence-corrected chi connectivity index (χ4v) is 1.67. The van der Waals surface area contributed by atoms with E-state index >= 15 is 0 Å². The van der Waals surface area contributed by atoms with Gasteiger partial charge in [-0.3, -0.25) is 9.69 Å². The predicted octanol–water partition coefficient (Wildman–Crippen LogP) is -0.829. The third-order valence-corrected chi connectivity index (χ3v) is 2.42. The number of morpholine rings is 1. The zero-order valence-electron chi connectivity index (χ0n) is 9.53. The largest absolute Gasteiger partial charge is 0.378 e. The SMILES string of the molecule is CC(C)NC(=O)CN1CCOCC1CN. The van der Waals surface area contributed by atoms with Crippen molar-refractivity contribution >= 4 is 5.91 Å². The van der Waals surface area contributed by atoms with Gasteiger partial charge >= 0.3 is 0 Å². The van der Waals surface area contributed by atoms with Gasteiger partial charge in [0.1, 0.15) is 0 Å². The van der Waals surface area contributed by atoms with Crippen LogP contribution in [0.5, 0.6) is 0 Å². The van der Waals surface area contributed by atoms with Crippen molar-refractivity contribution in [1.29, 1.82) is 0 Å². The van der Waals surface area contributed by atoms with E-state index in [1.807, 2.05) is 13.8 Å². The van der Waals surface area contributed by atoms with Gasteiger partial charge in [-0.1, -0.05) is 0 Å². The summed E-state index contributed by atoms with van der Waals surface area (Å²) >= 11 is 0. The van der Waals surface area contributed by atoms with Crippen LogP contribution in [-0.2, 0) is 9.53 Å². The maximum absolute atomic E-state index is 11.5. The van der Waals surface area contributed by atoms with Crippen molar-refractivity contribution in [2.45, 2.75) is 25.9 Å². The smallest absolute Gasteiger partial charge is 0.234 e. The number of nitrogens with two attached hydrogens (primary N) is 1. The van der Waals surface area contributed by atoms with Gasteiger partial charge in [-0.05, 0) is 13.8 Å². The Labute approximate surface area is 90.9 Å². The summed E-state index contributed by atoms with van der Waals surface area (Å²) in [5.74, 6) is 0.0605. The summed E-state index contributed by atoms with van der Waals surface area (Å²) < 4.78 is 5.31. The van der Waals surface area contributed by atoms with Crippen LogP contribution >= 0.6 is 0 Å². The highest BCUT2D eigenvalue weighted by Gasteiger charge is 2.23. The standard InChI is InChI=1S/C10H21N3O2/c1-8(2)12-10(14)6-13-3-4-15-7-9(13)5-11/h8-9H,3-7,11H2,1-2H3,(H,12,14). The highest BCUT2D eigenvalue weighted by molar-refractivity contribution is 5.78. The summed E-state index contributed by atoms with van der Waals surface area (Å²) in [7, 11) is 0. The first-order valence-corrected chi connectivity index (χ1v) is 5.44. The highest BCUT2D eigenvalue weighted by Crippen LogP contribution is 2.04. The minimum absolute atomic E-state index is 0.0605. The van der Waals surface area contributed by atoms with Gasteiger partial charge in [-0.15, -0.1) is 0 Å². The molecule has 1 aliphatic rings.